The average Bonchev–Trinajstić information content (AvgIpc) is 2.53. The number of nitrogens with zero attached hydrogens (tertiary/aromatic N) is 1. The number of carbonyl (C=O) groups excluding carboxylic acids is 2. The summed E-state index contributed by atoms with van der Waals surface area (Å²) in [6, 6.07) is 3.71. The fourth-order valence-electron chi connectivity index (χ4n) is 2.79. The molecular formula is C17H21NO5. The highest BCUT2D eigenvalue weighted by Gasteiger charge is 2.48. The Morgan fingerprint density at radius 2 is 1.91 bits per heavy atom. The first-order valence-electron chi connectivity index (χ1n) is 7.68. The first-order valence-corrected chi connectivity index (χ1v) is 7.68. The normalized spacial score (nSPS) is 17.2. The van der Waals surface area contributed by atoms with E-state index in [2.05, 4.69) is 0 Å². The number of Topliss-reactive ketones (excluding diaryl/α,β-unsaturated/α-hetero) is 1. The Morgan fingerprint density at radius 3 is 2.39 bits per heavy atom. The Morgan fingerprint density at radius 1 is 1.30 bits per heavy atom. The van der Waals surface area contributed by atoms with Gasteiger partial charge in [0.15, 0.2) is 11.4 Å². The molecule has 1 aliphatic rings. The predicted molar refractivity (Wildman–Crippen MR) is 85.0 cm³/mol. The summed E-state index contributed by atoms with van der Waals surface area (Å²) in [4.78, 5) is 37.2. The van der Waals surface area contributed by atoms with Crippen molar-refractivity contribution in [2.45, 2.75) is 52.2 Å². The highest BCUT2D eigenvalue weighted by molar-refractivity contribution is 6.07. The number of hydrogen-bond acceptors (Lipinski definition) is 4. The minimum absolute atomic E-state index is 0.161. The molecule has 0 aliphatic carbocycles. The van der Waals surface area contributed by atoms with Gasteiger partial charge in [-0.2, -0.15) is 0 Å². The molecule has 1 amide bonds. The van der Waals surface area contributed by atoms with Gasteiger partial charge >= 0.3 is 5.97 Å². The van der Waals surface area contributed by atoms with Crippen LogP contribution in [0.1, 0.15) is 50.9 Å². The lowest BCUT2D eigenvalue weighted by atomic mass is 9.91. The van der Waals surface area contributed by atoms with E-state index >= 15 is 0 Å². The number of amides is 1. The van der Waals surface area contributed by atoms with Crippen LogP contribution < -0.4 is 9.64 Å². The van der Waals surface area contributed by atoms with Crippen LogP contribution >= 0.6 is 0 Å². The minimum atomic E-state index is -1.11. The van der Waals surface area contributed by atoms with Gasteiger partial charge < -0.3 is 9.84 Å². The van der Waals surface area contributed by atoms with Crippen LogP contribution in [0.4, 0.5) is 5.69 Å². The third-order valence-corrected chi connectivity index (χ3v) is 4.43. The molecular weight excluding hydrogens is 298 g/mol. The Kier molecular flexibility index (Phi) is 4.45. The molecule has 1 N–H and O–H groups in total. The Labute approximate surface area is 135 Å². The molecule has 0 radical (unpaired) electrons. The topological polar surface area (TPSA) is 83.9 Å². The third kappa shape index (κ3) is 2.69. The van der Waals surface area contributed by atoms with Gasteiger partial charge in [0.05, 0.1) is 5.69 Å². The second kappa shape index (κ2) is 6.02. The largest absolute Gasteiger partial charge is 0.480 e. The number of aliphatic carboxylic acids is 1. The third-order valence-electron chi connectivity index (χ3n) is 4.43. The van der Waals surface area contributed by atoms with Crippen molar-refractivity contribution in [1.29, 1.82) is 0 Å². The molecule has 0 spiro atoms. The van der Waals surface area contributed by atoms with E-state index in [1.165, 1.54) is 24.8 Å². The maximum Gasteiger partial charge on any atom is 0.326 e. The SMILES string of the molecule is CCC1(CC)Oc2ccc(C(C)=O)cc2N(C(C)C(=O)O)C1=O. The van der Waals surface area contributed by atoms with Gasteiger partial charge in [0.2, 0.25) is 0 Å². The molecule has 1 heterocycles. The average molecular weight is 319 g/mol. The fourth-order valence-corrected chi connectivity index (χ4v) is 2.79. The first kappa shape index (κ1) is 17.0. The van der Waals surface area contributed by atoms with Crippen LogP contribution in [0.5, 0.6) is 5.75 Å². The summed E-state index contributed by atoms with van der Waals surface area (Å²) in [7, 11) is 0. The van der Waals surface area contributed by atoms with Crippen molar-refractivity contribution in [3.05, 3.63) is 23.8 Å². The number of benzene rings is 1. The number of carbonyl (C=O) groups is 3. The number of ether oxygens (including phenoxy) is 1. The van der Waals surface area contributed by atoms with E-state index in [9.17, 15) is 19.5 Å². The summed E-state index contributed by atoms with van der Waals surface area (Å²) in [5.41, 5.74) is -0.340. The number of carboxylic acids is 1. The quantitative estimate of drug-likeness (QED) is 0.843. The van der Waals surface area contributed by atoms with Crippen LogP contribution in [-0.4, -0.2) is 34.4 Å². The zero-order valence-corrected chi connectivity index (χ0v) is 13.8. The number of ketones is 1. The molecule has 1 unspecified atom stereocenters. The second-order valence-corrected chi connectivity index (χ2v) is 5.73. The van der Waals surface area contributed by atoms with Crippen molar-refractivity contribution in [1.82, 2.24) is 0 Å². The van der Waals surface area contributed by atoms with Crippen LogP contribution in [0.15, 0.2) is 18.2 Å². The molecule has 1 atom stereocenters. The lowest BCUT2D eigenvalue weighted by Crippen LogP contribution is -2.59. The smallest absolute Gasteiger partial charge is 0.326 e. The van der Waals surface area contributed by atoms with Crippen LogP contribution in [0, 0.1) is 0 Å². The van der Waals surface area contributed by atoms with Crippen molar-refractivity contribution in [2.24, 2.45) is 0 Å². The van der Waals surface area contributed by atoms with Crippen LogP contribution in [0.2, 0.25) is 0 Å². The highest BCUT2D eigenvalue weighted by Crippen LogP contribution is 2.42. The molecule has 6 nitrogen and oxygen atoms in total. The number of rotatable bonds is 5. The minimum Gasteiger partial charge on any atom is -0.480 e. The maximum absolute atomic E-state index is 13.0. The first-order chi connectivity index (χ1) is 10.8. The Balaban J connectivity index is 2.67. The number of anilines is 1. The van der Waals surface area contributed by atoms with Gasteiger partial charge in [-0.15, -0.1) is 0 Å². The Hall–Kier alpha value is -2.37. The van der Waals surface area contributed by atoms with Gasteiger partial charge in [-0.1, -0.05) is 13.8 Å². The van der Waals surface area contributed by atoms with Crippen molar-refractivity contribution in [2.75, 3.05) is 4.90 Å². The van der Waals surface area contributed by atoms with Gasteiger partial charge in [-0.05, 0) is 44.9 Å². The van der Waals surface area contributed by atoms with E-state index in [1.54, 1.807) is 12.1 Å². The molecule has 0 fully saturated rings. The zero-order valence-electron chi connectivity index (χ0n) is 13.8. The number of carboxylic acid groups (broad SMARTS) is 1. The number of fused-ring (bicyclic) bond motifs is 1. The van der Waals surface area contributed by atoms with Gasteiger partial charge in [0.1, 0.15) is 11.8 Å². The Bertz CT molecular complexity index is 663. The zero-order chi connectivity index (χ0) is 17.4. The molecule has 1 aromatic rings. The van der Waals surface area contributed by atoms with Gasteiger partial charge in [-0.25, -0.2) is 4.79 Å². The monoisotopic (exact) mass is 319 g/mol. The predicted octanol–water partition coefficient (Wildman–Crippen LogP) is 2.65. The van der Waals surface area contributed by atoms with E-state index < -0.39 is 17.6 Å². The summed E-state index contributed by atoms with van der Waals surface area (Å²) < 4.78 is 5.93. The van der Waals surface area contributed by atoms with Crippen molar-refractivity contribution < 1.29 is 24.2 Å². The fraction of sp³-hybridized carbons (Fsp3) is 0.471. The summed E-state index contributed by atoms with van der Waals surface area (Å²) in [6.45, 7) is 6.53. The molecule has 1 aromatic carbocycles. The lowest BCUT2D eigenvalue weighted by Gasteiger charge is -2.43. The van der Waals surface area contributed by atoms with E-state index in [0.29, 0.717) is 29.8 Å². The van der Waals surface area contributed by atoms with Crippen LogP contribution in [-0.2, 0) is 9.59 Å². The van der Waals surface area contributed by atoms with E-state index in [-0.39, 0.29) is 11.7 Å². The van der Waals surface area contributed by atoms with Crippen molar-refractivity contribution >= 4 is 23.3 Å². The molecule has 6 heteroatoms. The van der Waals surface area contributed by atoms with Crippen LogP contribution in [0.25, 0.3) is 0 Å². The lowest BCUT2D eigenvalue weighted by molar-refractivity contribution is -0.144. The maximum atomic E-state index is 13.0. The van der Waals surface area contributed by atoms with Crippen molar-refractivity contribution in [3.63, 3.8) is 0 Å². The van der Waals surface area contributed by atoms with E-state index in [0.717, 1.165) is 0 Å². The van der Waals surface area contributed by atoms with E-state index in [1.807, 2.05) is 13.8 Å². The molecule has 1 aliphatic heterocycles. The molecule has 0 saturated carbocycles. The standard InChI is InChI=1S/C17H21NO5/c1-5-17(6-2)16(22)18(10(3)15(20)21)13-9-12(11(4)19)7-8-14(13)23-17/h7-10H,5-6H2,1-4H3,(H,20,21). The molecule has 0 aromatic heterocycles. The summed E-state index contributed by atoms with van der Waals surface area (Å²) >= 11 is 0. The molecule has 23 heavy (non-hydrogen) atoms. The molecule has 0 bridgehead atoms. The molecule has 2 rings (SSSR count). The van der Waals surface area contributed by atoms with Gasteiger partial charge in [-0.3, -0.25) is 14.5 Å². The van der Waals surface area contributed by atoms with Gasteiger partial charge in [0, 0.05) is 5.56 Å². The number of hydrogen-bond donors (Lipinski definition) is 1. The molecule has 124 valence electrons. The highest BCUT2D eigenvalue weighted by atomic mass is 16.5. The van der Waals surface area contributed by atoms with Gasteiger partial charge in [0.25, 0.3) is 5.91 Å². The summed E-state index contributed by atoms with van der Waals surface area (Å²) in [5, 5.41) is 9.37. The summed E-state index contributed by atoms with van der Waals surface area (Å²) in [6.07, 6.45) is 0.859. The van der Waals surface area contributed by atoms with Crippen molar-refractivity contribution in [3.8, 4) is 5.75 Å². The molecule has 0 saturated heterocycles. The van der Waals surface area contributed by atoms with E-state index in [4.69, 9.17) is 4.74 Å². The summed E-state index contributed by atoms with van der Waals surface area (Å²) in [5.74, 6) is -1.23. The van der Waals surface area contributed by atoms with Crippen LogP contribution in [0.3, 0.4) is 0 Å². The second-order valence-electron chi connectivity index (χ2n) is 5.73.